The molecule has 0 aliphatic carbocycles. The molecule has 4 nitrogen and oxygen atoms in total. The van der Waals surface area contributed by atoms with Gasteiger partial charge in [-0.05, 0) is 46.3 Å². The fraction of sp³-hybridized carbons (Fsp3) is 0.111. The minimum Gasteiger partial charge on any atom is -0.381 e. The summed E-state index contributed by atoms with van der Waals surface area (Å²) in [6.45, 7) is 0.636. The second-order valence-corrected chi connectivity index (χ2v) is 6.61. The number of anilines is 1. The van der Waals surface area contributed by atoms with Gasteiger partial charge >= 0.3 is 0 Å². The van der Waals surface area contributed by atoms with Gasteiger partial charge in [-0.3, -0.25) is 4.68 Å². The van der Waals surface area contributed by atoms with Gasteiger partial charge in [-0.15, -0.1) is 0 Å². The van der Waals surface area contributed by atoms with Crippen LogP contribution in [0.1, 0.15) is 11.1 Å². The third kappa shape index (κ3) is 3.61. The van der Waals surface area contributed by atoms with Crippen molar-refractivity contribution in [2.75, 3.05) is 5.32 Å². The molecule has 1 heterocycles. The van der Waals surface area contributed by atoms with Crippen LogP contribution in [0.15, 0.2) is 53.1 Å². The Kier molecular flexibility index (Phi) is 4.89. The monoisotopic (exact) mass is 400 g/mol. The molecule has 24 heavy (non-hydrogen) atoms. The van der Waals surface area contributed by atoms with Crippen LogP contribution in [0.4, 0.5) is 5.69 Å². The summed E-state index contributed by atoms with van der Waals surface area (Å²) < 4.78 is 2.65. The maximum absolute atomic E-state index is 8.92. The lowest BCUT2D eigenvalue weighted by molar-refractivity contribution is 0.770. The summed E-state index contributed by atoms with van der Waals surface area (Å²) in [5, 5.41) is 17.5. The van der Waals surface area contributed by atoms with Crippen LogP contribution in [0.5, 0.6) is 0 Å². The fourth-order valence-electron chi connectivity index (χ4n) is 2.42. The van der Waals surface area contributed by atoms with Crippen LogP contribution in [0, 0.1) is 11.3 Å². The topological polar surface area (TPSA) is 53.6 Å². The molecule has 0 aliphatic rings. The van der Waals surface area contributed by atoms with E-state index in [0.717, 1.165) is 27.0 Å². The van der Waals surface area contributed by atoms with Crippen molar-refractivity contribution in [3.05, 3.63) is 69.3 Å². The van der Waals surface area contributed by atoms with E-state index in [1.807, 2.05) is 43.6 Å². The molecule has 0 atom stereocenters. The van der Waals surface area contributed by atoms with Crippen molar-refractivity contribution in [2.24, 2.45) is 7.05 Å². The van der Waals surface area contributed by atoms with Crippen LogP contribution in [0.3, 0.4) is 0 Å². The Bertz CT molecular complexity index is 910. The summed E-state index contributed by atoms with van der Waals surface area (Å²) in [6.07, 6.45) is 1.99. The van der Waals surface area contributed by atoms with Gasteiger partial charge in [0, 0.05) is 41.1 Å². The second kappa shape index (κ2) is 7.08. The highest BCUT2D eigenvalue weighted by molar-refractivity contribution is 9.10. The molecule has 0 radical (unpaired) electrons. The number of nitrogens with zero attached hydrogens (tertiary/aromatic N) is 3. The van der Waals surface area contributed by atoms with Crippen LogP contribution < -0.4 is 5.32 Å². The minimum absolute atomic E-state index is 0.636. The number of aromatic nitrogens is 2. The highest BCUT2D eigenvalue weighted by atomic mass is 79.9. The Labute approximate surface area is 153 Å². The smallest absolute Gasteiger partial charge is 0.0991 e. The van der Waals surface area contributed by atoms with Gasteiger partial charge in [0.05, 0.1) is 22.3 Å². The van der Waals surface area contributed by atoms with Crippen LogP contribution in [-0.2, 0) is 13.6 Å². The first-order valence-electron chi connectivity index (χ1n) is 7.29. The van der Waals surface area contributed by atoms with E-state index >= 15 is 0 Å². The standard InChI is InChI=1S/C18H14BrClN4/c1-24-11-14(10-22-15-6-7-17(20)16(19)8-15)18(23-24)13-4-2-12(9-21)3-5-13/h2-8,11,22H,10H2,1H3. The summed E-state index contributed by atoms with van der Waals surface area (Å²) in [5.41, 5.74) is 4.58. The number of hydrogen-bond donors (Lipinski definition) is 1. The number of halogens is 2. The van der Waals surface area contributed by atoms with E-state index in [-0.39, 0.29) is 0 Å². The van der Waals surface area contributed by atoms with Gasteiger partial charge in [-0.25, -0.2) is 0 Å². The lowest BCUT2D eigenvalue weighted by atomic mass is 10.1. The number of nitrogens with one attached hydrogen (secondary N) is 1. The largest absolute Gasteiger partial charge is 0.381 e. The second-order valence-electron chi connectivity index (χ2n) is 5.35. The molecule has 0 fully saturated rings. The molecule has 0 saturated heterocycles. The van der Waals surface area contributed by atoms with Gasteiger partial charge in [-0.1, -0.05) is 23.7 Å². The number of hydrogen-bond acceptors (Lipinski definition) is 3. The zero-order valence-electron chi connectivity index (χ0n) is 12.9. The quantitative estimate of drug-likeness (QED) is 0.670. The lowest BCUT2D eigenvalue weighted by Gasteiger charge is -2.08. The third-order valence-electron chi connectivity index (χ3n) is 3.59. The molecular weight excluding hydrogens is 388 g/mol. The highest BCUT2D eigenvalue weighted by Gasteiger charge is 2.10. The molecule has 0 saturated carbocycles. The zero-order valence-corrected chi connectivity index (χ0v) is 15.3. The Hall–Kier alpha value is -2.29. The molecule has 2 aromatic carbocycles. The highest BCUT2D eigenvalue weighted by Crippen LogP contribution is 2.27. The SMILES string of the molecule is Cn1cc(CNc2ccc(Cl)c(Br)c2)c(-c2ccc(C#N)cc2)n1. The first-order chi connectivity index (χ1) is 11.6. The maximum atomic E-state index is 8.92. The van der Waals surface area contributed by atoms with Crippen molar-refractivity contribution in [2.45, 2.75) is 6.54 Å². The van der Waals surface area contributed by atoms with E-state index in [4.69, 9.17) is 16.9 Å². The number of rotatable bonds is 4. The van der Waals surface area contributed by atoms with E-state index in [1.54, 1.807) is 16.8 Å². The van der Waals surface area contributed by atoms with Crippen molar-refractivity contribution < 1.29 is 0 Å². The molecule has 0 spiro atoms. The summed E-state index contributed by atoms with van der Waals surface area (Å²) in [5.74, 6) is 0. The summed E-state index contributed by atoms with van der Waals surface area (Å²) in [7, 11) is 1.90. The van der Waals surface area contributed by atoms with Gasteiger partial charge in [0.1, 0.15) is 0 Å². The molecule has 1 aromatic heterocycles. The molecule has 120 valence electrons. The van der Waals surface area contributed by atoms with Gasteiger partial charge < -0.3 is 5.32 Å². The number of aryl methyl sites for hydroxylation is 1. The molecule has 0 aliphatic heterocycles. The Balaban J connectivity index is 1.83. The molecule has 1 N–H and O–H groups in total. The molecular formula is C18H14BrClN4. The Morgan fingerprint density at radius 3 is 2.67 bits per heavy atom. The molecule has 3 rings (SSSR count). The molecule has 3 aromatic rings. The Morgan fingerprint density at radius 1 is 1.25 bits per heavy atom. The van der Waals surface area contributed by atoms with Crippen LogP contribution in [-0.4, -0.2) is 9.78 Å². The summed E-state index contributed by atoms with van der Waals surface area (Å²) in [6, 6.07) is 15.3. The zero-order chi connectivity index (χ0) is 17.1. The number of benzene rings is 2. The average Bonchev–Trinajstić information content (AvgIpc) is 2.97. The van der Waals surface area contributed by atoms with E-state index in [2.05, 4.69) is 32.4 Å². The van der Waals surface area contributed by atoms with Crippen LogP contribution in [0.2, 0.25) is 5.02 Å². The van der Waals surface area contributed by atoms with Gasteiger partial charge in [0.2, 0.25) is 0 Å². The lowest BCUT2D eigenvalue weighted by Crippen LogP contribution is -2.00. The van der Waals surface area contributed by atoms with Crippen molar-refractivity contribution in [3.8, 4) is 17.3 Å². The van der Waals surface area contributed by atoms with Gasteiger partial charge in [0.15, 0.2) is 0 Å². The maximum Gasteiger partial charge on any atom is 0.0991 e. The average molecular weight is 402 g/mol. The molecule has 6 heteroatoms. The van der Waals surface area contributed by atoms with Crippen LogP contribution >= 0.6 is 27.5 Å². The summed E-state index contributed by atoms with van der Waals surface area (Å²) in [4.78, 5) is 0. The minimum atomic E-state index is 0.636. The van der Waals surface area contributed by atoms with Crippen LogP contribution in [0.25, 0.3) is 11.3 Å². The third-order valence-corrected chi connectivity index (χ3v) is 4.81. The molecule has 0 bridgehead atoms. The summed E-state index contributed by atoms with van der Waals surface area (Å²) >= 11 is 9.45. The fourth-order valence-corrected chi connectivity index (χ4v) is 2.91. The van der Waals surface area contributed by atoms with Crippen molar-refractivity contribution in [1.29, 1.82) is 5.26 Å². The van der Waals surface area contributed by atoms with Gasteiger partial charge in [-0.2, -0.15) is 10.4 Å². The first-order valence-corrected chi connectivity index (χ1v) is 8.46. The molecule has 0 amide bonds. The predicted octanol–water partition coefficient (Wildman–Crippen LogP) is 4.99. The molecule has 0 unspecified atom stereocenters. The van der Waals surface area contributed by atoms with Crippen molar-refractivity contribution in [1.82, 2.24) is 9.78 Å². The van der Waals surface area contributed by atoms with E-state index in [0.29, 0.717) is 17.1 Å². The predicted molar refractivity (Wildman–Crippen MR) is 99.8 cm³/mol. The Morgan fingerprint density at radius 2 is 2.00 bits per heavy atom. The van der Waals surface area contributed by atoms with E-state index < -0.39 is 0 Å². The van der Waals surface area contributed by atoms with Gasteiger partial charge in [0.25, 0.3) is 0 Å². The number of nitriles is 1. The normalized spacial score (nSPS) is 10.4. The van der Waals surface area contributed by atoms with Crippen molar-refractivity contribution >= 4 is 33.2 Å². The van der Waals surface area contributed by atoms with E-state index in [1.165, 1.54) is 0 Å². The van der Waals surface area contributed by atoms with Crippen molar-refractivity contribution in [3.63, 3.8) is 0 Å². The van der Waals surface area contributed by atoms with E-state index in [9.17, 15) is 0 Å². The first kappa shape index (κ1) is 16.6.